The van der Waals surface area contributed by atoms with Gasteiger partial charge in [-0.25, -0.2) is 9.18 Å². The number of carboxylic acids is 1. The number of aliphatic hydroxyl groups excluding tert-OH is 1. The van der Waals surface area contributed by atoms with E-state index >= 15 is 0 Å². The van der Waals surface area contributed by atoms with Crippen LogP contribution in [0.3, 0.4) is 0 Å². The molecule has 8 heteroatoms. The van der Waals surface area contributed by atoms with Gasteiger partial charge in [0.05, 0.1) is 16.7 Å². The zero-order valence-electron chi connectivity index (χ0n) is 11.5. The van der Waals surface area contributed by atoms with Gasteiger partial charge in [-0.15, -0.1) is 0 Å². The fourth-order valence-corrected chi connectivity index (χ4v) is 1.91. The van der Waals surface area contributed by atoms with Crippen molar-refractivity contribution in [2.75, 3.05) is 18.5 Å². The number of nitrogens with zero attached hydrogens (tertiary/aromatic N) is 1. The molecule has 0 saturated carbocycles. The molecule has 1 rings (SSSR count). The van der Waals surface area contributed by atoms with Crippen molar-refractivity contribution in [3.05, 3.63) is 33.6 Å². The van der Waals surface area contributed by atoms with Gasteiger partial charge in [0, 0.05) is 13.2 Å². The molecule has 1 atom stereocenters. The molecule has 0 aliphatic carbocycles. The van der Waals surface area contributed by atoms with Gasteiger partial charge in [-0.1, -0.05) is 13.3 Å². The number of hydrogen-bond donors (Lipinski definition) is 3. The standard InChI is InChI=1S/C13H17FN2O5/c1-2-8(3-4-17)7-15-11-5-9(13(18)19)12(16(20)21)6-10(11)14/h5-6,8,15,17H,2-4,7H2,1H3,(H,18,19). The van der Waals surface area contributed by atoms with Gasteiger partial charge in [0.2, 0.25) is 0 Å². The Morgan fingerprint density at radius 2 is 2.19 bits per heavy atom. The summed E-state index contributed by atoms with van der Waals surface area (Å²) in [6.45, 7) is 2.25. The molecule has 3 N–H and O–H groups in total. The minimum atomic E-state index is -1.49. The predicted octanol–water partition coefficient (Wildman–Crippen LogP) is 2.25. The fraction of sp³-hybridized carbons (Fsp3) is 0.462. The molecule has 0 amide bonds. The Labute approximate surface area is 120 Å². The van der Waals surface area contributed by atoms with Crippen LogP contribution in [0.1, 0.15) is 30.1 Å². The zero-order chi connectivity index (χ0) is 16.0. The van der Waals surface area contributed by atoms with E-state index in [-0.39, 0.29) is 18.2 Å². The van der Waals surface area contributed by atoms with E-state index in [9.17, 15) is 19.3 Å². The van der Waals surface area contributed by atoms with Crippen LogP contribution in [0.5, 0.6) is 0 Å². The van der Waals surface area contributed by atoms with Gasteiger partial charge >= 0.3 is 5.97 Å². The van der Waals surface area contributed by atoms with E-state index in [4.69, 9.17) is 10.2 Å². The molecule has 0 saturated heterocycles. The van der Waals surface area contributed by atoms with E-state index in [1.807, 2.05) is 6.92 Å². The average molecular weight is 300 g/mol. The summed E-state index contributed by atoms with van der Waals surface area (Å²) in [6.07, 6.45) is 1.29. The predicted molar refractivity (Wildman–Crippen MR) is 74.0 cm³/mol. The van der Waals surface area contributed by atoms with Gasteiger partial charge in [-0.2, -0.15) is 0 Å². The van der Waals surface area contributed by atoms with Crippen LogP contribution in [-0.2, 0) is 0 Å². The van der Waals surface area contributed by atoms with E-state index in [1.165, 1.54) is 0 Å². The number of hydrogen-bond acceptors (Lipinski definition) is 5. The number of halogens is 1. The molecule has 0 fully saturated rings. The molecular formula is C13H17FN2O5. The average Bonchev–Trinajstić information content (AvgIpc) is 2.43. The van der Waals surface area contributed by atoms with E-state index < -0.39 is 28.0 Å². The lowest BCUT2D eigenvalue weighted by molar-refractivity contribution is -0.385. The number of rotatable bonds is 8. The van der Waals surface area contributed by atoms with Crippen LogP contribution in [0.2, 0.25) is 0 Å². The number of carbonyl (C=O) groups is 1. The smallest absolute Gasteiger partial charge is 0.342 e. The second-order valence-corrected chi connectivity index (χ2v) is 4.58. The molecule has 0 bridgehead atoms. The Hall–Kier alpha value is -2.22. The van der Waals surface area contributed by atoms with Crippen LogP contribution in [0, 0.1) is 21.8 Å². The summed E-state index contributed by atoms with van der Waals surface area (Å²) >= 11 is 0. The third kappa shape index (κ3) is 4.38. The molecule has 0 heterocycles. The summed E-state index contributed by atoms with van der Waals surface area (Å²) in [7, 11) is 0. The maximum atomic E-state index is 13.8. The summed E-state index contributed by atoms with van der Waals surface area (Å²) in [5.74, 6) is -2.28. The first-order valence-electron chi connectivity index (χ1n) is 6.46. The third-order valence-electron chi connectivity index (χ3n) is 3.21. The highest BCUT2D eigenvalue weighted by Gasteiger charge is 2.23. The lowest BCUT2D eigenvalue weighted by Crippen LogP contribution is -2.16. The Bertz CT molecular complexity index is 536. The summed E-state index contributed by atoms with van der Waals surface area (Å²) in [5, 5.41) is 31.3. The second-order valence-electron chi connectivity index (χ2n) is 4.58. The number of nitro benzene ring substituents is 1. The van der Waals surface area contributed by atoms with Crippen LogP contribution in [0.4, 0.5) is 15.8 Å². The van der Waals surface area contributed by atoms with Crippen molar-refractivity contribution < 1.29 is 24.3 Å². The monoisotopic (exact) mass is 300 g/mol. The highest BCUT2D eigenvalue weighted by Crippen LogP contribution is 2.26. The lowest BCUT2D eigenvalue weighted by atomic mass is 10.0. The summed E-state index contributed by atoms with van der Waals surface area (Å²) in [5.41, 5.74) is -1.46. The van der Waals surface area contributed by atoms with Crippen LogP contribution >= 0.6 is 0 Å². The molecule has 0 aliphatic heterocycles. The highest BCUT2D eigenvalue weighted by molar-refractivity contribution is 5.93. The zero-order valence-corrected chi connectivity index (χ0v) is 11.5. The van der Waals surface area contributed by atoms with Crippen molar-refractivity contribution in [3.8, 4) is 0 Å². The third-order valence-corrected chi connectivity index (χ3v) is 3.21. The first kappa shape index (κ1) is 16.8. The first-order chi connectivity index (χ1) is 9.90. The van der Waals surface area contributed by atoms with Crippen LogP contribution in [-0.4, -0.2) is 34.3 Å². The number of aromatic carboxylic acids is 1. The summed E-state index contributed by atoms with van der Waals surface area (Å²) in [4.78, 5) is 20.8. The van der Waals surface area contributed by atoms with Crippen molar-refractivity contribution in [1.82, 2.24) is 0 Å². The van der Waals surface area contributed by atoms with Gasteiger partial charge in [0.25, 0.3) is 5.69 Å². The summed E-state index contributed by atoms with van der Waals surface area (Å²) in [6, 6.07) is 1.51. The Balaban J connectivity index is 3.00. The van der Waals surface area contributed by atoms with Gasteiger partial charge in [-0.3, -0.25) is 10.1 Å². The Kier molecular flexibility index (Phi) is 6.04. The first-order valence-corrected chi connectivity index (χ1v) is 6.46. The summed E-state index contributed by atoms with van der Waals surface area (Å²) < 4.78 is 13.8. The van der Waals surface area contributed by atoms with Crippen molar-refractivity contribution in [2.24, 2.45) is 5.92 Å². The van der Waals surface area contributed by atoms with Crippen LogP contribution < -0.4 is 5.32 Å². The molecule has 21 heavy (non-hydrogen) atoms. The van der Waals surface area contributed by atoms with Crippen molar-refractivity contribution in [1.29, 1.82) is 0 Å². The minimum Gasteiger partial charge on any atom is -0.477 e. The maximum absolute atomic E-state index is 13.8. The van der Waals surface area contributed by atoms with Gasteiger partial charge in [0.1, 0.15) is 5.56 Å². The van der Waals surface area contributed by atoms with E-state index in [0.717, 1.165) is 12.5 Å². The maximum Gasteiger partial charge on any atom is 0.342 e. The topological polar surface area (TPSA) is 113 Å². The normalized spacial score (nSPS) is 12.0. The number of carboxylic acid groups (broad SMARTS) is 1. The molecule has 1 aromatic carbocycles. The van der Waals surface area contributed by atoms with Crippen LogP contribution in [0.25, 0.3) is 0 Å². The molecule has 7 nitrogen and oxygen atoms in total. The van der Waals surface area contributed by atoms with Gasteiger partial charge in [-0.05, 0) is 18.4 Å². The largest absolute Gasteiger partial charge is 0.477 e. The number of nitrogens with one attached hydrogen (secondary N) is 1. The number of benzene rings is 1. The number of aliphatic hydroxyl groups is 1. The van der Waals surface area contributed by atoms with E-state index in [0.29, 0.717) is 19.0 Å². The number of anilines is 1. The second kappa shape index (κ2) is 7.53. The highest BCUT2D eigenvalue weighted by atomic mass is 19.1. The van der Waals surface area contributed by atoms with Gasteiger partial charge in [0.15, 0.2) is 5.82 Å². The van der Waals surface area contributed by atoms with E-state index in [2.05, 4.69) is 5.32 Å². The SMILES string of the molecule is CCC(CCO)CNc1cc(C(=O)O)c([N+](=O)[O-])cc1F. The van der Waals surface area contributed by atoms with Crippen LogP contribution in [0.15, 0.2) is 12.1 Å². The molecular weight excluding hydrogens is 283 g/mol. The van der Waals surface area contributed by atoms with E-state index in [1.54, 1.807) is 0 Å². The minimum absolute atomic E-state index is 0.00328. The molecule has 1 unspecified atom stereocenters. The lowest BCUT2D eigenvalue weighted by Gasteiger charge is -2.16. The molecule has 0 radical (unpaired) electrons. The quantitative estimate of drug-likeness (QED) is 0.501. The van der Waals surface area contributed by atoms with Crippen molar-refractivity contribution in [3.63, 3.8) is 0 Å². The molecule has 0 spiro atoms. The molecule has 0 aromatic heterocycles. The fourth-order valence-electron chi connectivity index (χ4n) is 1.91. The van der Waals surface area contributed by atoms with Crippen molar-refractivity contribution in [2.45, 2.75) is 19.8 Å². The molecule has 0 aliphatic rings. The Morgan fingerprint density at radius 1 is 1.52 bits per heavy atom. The molecule has 116 valence electrons. The Morgan fingerprint density at radius 3 is 2.67 bits per heavy atom. The number of nitro groups is 1. The molecule has 1 aromatic rings. The van der Waals surface area contributed by atoms with Gasteiger partial charge < -0.3 is 15.5 Å². The van der Waals surface area contributed by atoms with Crippen molar-refractivity contribution >= 4 is 17.3 Å².